The normalized spacial score (nSPS) is 13.1. The summed E-state index contributed by atoms with van der Waals surface area (Å²) in [6, 6.07) is 0. The first kappa shape index (κ1) is 49.8. The summed E-state index contributed by atoms with van der Waals surface area (Å²) >= 11 is 0. The number of phosphoric ester groups is 1. The highest BCUT2D eigenvalue weighted by Gasteiger charge is 2.22. The summed E-state index contributed by atoms with van der Waals surface area (Å²) in [5, 5.41) is 0. The van der Waals surface area contributed by atoms with Crippen LogP contribution in [0.2, 0.25) is 0 Å². The Labute approximate surface area is 317 Å². The molecule has 0 saturated heterocycles. The van der Waals surface area contributed by atoms with E-state index in [0.29, 0.717) is 12.8 Å². The van der Waals surface area contributed by atoms with Crippen LogP contribution in [0.15, 0.2) is 60.8 Å². The molecular formula is C43H75O8P. The maximum atomic E-state index is 12.4. The molecule has 0 aliphatic rings. The highest BCUT2D eigenvalue weighted by molar-refractivity contribution is 7.46. The molecule has 52 heavy (non-hydrogen) atoms. The number of phosphoric acid groups is 1. The third kappa shape index (κ3) is 40.5. The molecule has 1 unspecified atom stereocenters. The van der Waals surface area contributed by atoms with Gasteiger partial charge in [-0.25, -0.2) is 4.57 Å². The summed E-state index contributed by atoms with van der Waals surface area (Å²) < 4.78 is 26.4. The van der Waals surface area contributed by atoms with Gasteiger partial charge in [0.1, 0.15) is 6.61 Å². The van der Waals surface area contributed by atoms with Gasteiger partial charge in [0.15, 0.2) is 6.10 Å². The molecule has 0 spiro atoms. The second kappa shape index (κ2) is 38.5. The van der Waals surface area contributed by atoms with Crippen molar-refractivity contribution in [2.24, 2.45) is 0 Å². The smallest absolute Gasteiger partial charge is 0.462 e. The summed E-state index contributed by atoms with van der Waals surface area (Å²) in [5.74, 6) is -0.919. The van der Waals surface area contributed by atoms with E-state index in [1.807, 2.05) is 0 Å². The Kier molecular flexibility index (Phi) is 36.8. The van der Waals surface area contributed by atoms with Crippen LogP contribution in [0.25, 0.3) is 0 Å². The Morgan fingerprint density at radius 2 is 0.865 bits per heavy atom. The molecule has 0 heterocycles. The lowest BCUT2D eigenvalue weighted by Gasteiger charge is -2.18. The number of esters is 2. The van der Waals surface area contributed by atoms with Crippen LogP contribution < -0.4 is 0 Å². The zero-order valence-electron chi connectivity index (χ0n) is 32.9. The molecule has 9 heteroatoms. The molecule has 0 aliphatic heterocycles. The molecule has 300 valence electrons. The van der Waals surface area contributed by atoms with Crippen molar-refractivity contribution in [2.45, 2.75) is 187 Å². The van der Waals surface area contributed by atoms with Gasteiger partial charge in [-0.2, -0.15) is 0 Å². The maximum absolute atomic E-state index is 12.4. The number of carbonyl (C=O) groups is 2. The average molecular weight is 751 g/mol. The summed E-state index contributed by atoms with van der Waals surface area (Å²) in [7, 11) is -4.76. The highest BCUT2D eigenvalue weighted by Crippen LogP contribution is 2.36. The zero-order valence-corrected chi connectivity index (χ0v) is 33.8. The number of hydrogen-bond acceptors (Lipinski definition) is 6. The molecule has 0 amide bonds. The fraction of sp³-hybridized carbons (Fsp3) is 0.721. The van der Waals surface area contributed by atoms with Crippen molar-refractivity contribution in [1.82, 2.24) is 0 Å². The van der Waals surface area contributed by atoms with E-state index in [1.165, 1.54) is 51.4 Å². The van der Waals surface area contributed by atoms with Crippen LogP contribution in [-0.2, 0) is 28.2 Å². The van der Waals surface area contributed by atoms with Crippen molar-refractivity contribution in [3.05, 3.63) is 60.8 Å². The minimum atomic E-state index is -4.76. The first-order valence-corrected chi connectivity index (χ1v) is 22.1. The van der Waals surface area contributed by atoms with Crippen molar-refractivity contribution in [3.8, 4) is 0 Å². The molecule has 1 atom stereocenters. The summed E-state index contributed by atoms with van der Waals surface area (Å²) in [4.78, 5) is 42.8. The van der Waals surface area contributed by atoms with Gasteiger partial charge in [0, 0.05) is 12.8 Å². The standard InChI is InChI=1S/C43H75O8P/c1-3-5-7-9-11-13-15-17-19-20-21-22-24-26-28-30-32-34-36-38-43(45)51-41(40-50-52(46,47)48)39-49-42(44)37-35-33-31-29-27-25-23-18-16-14-12-10-8-6-4-2/h11-14,17-19,21-23,41H,3-10,15-16,20,24-40H2,1-2H3,(H2,46,47,48)/b13-11-,14-12-,19-17-,22-21-,23-18-. The molecule has 0 aromatic carbocycles. The molecule has 0 fully saturated rings. The number of carbonyl (C=O) groups excluding carboxylic acids is 2. The lowest BCUT2D eigenvalue weighted by Crippen LogP contribution is -2.29. The fourth-order valence-corrected chi connectivity index (χ4v) is 5.77. The molecule has 0 aliphatic carbocycles. The molecule has 0 radical (unpaired) electrons. The van der Waals surface area contributed by atoms with E-state index in [4.69, 9.17) is 19.3 Å². The minimum Gasteiger partial charge on any atom is -0.462 e. The van der Waals surface area contributed by atoms with Crippen LogP contribution in [-0.4, -0.2) is 41.0 Å². The van der Waals surface area contributed by atoms with Crippen molar-refractivity contribution in [1.29, 1.82) is 0 Å². The Morgan fingerprint density at radius 3 is 1.29 bits per heavy atom. The van der Waals surface area contributed by atoms with E-state index in [0.717, 1.165) is 89.9 Å². The number of hydrogen-bond donors (Lipinski definition) is 2. The number of ether oxygens (including phenoxy) is 2. The van der Waals surface area contributed by atoms with Gasteiger partial charge in [-0.1, -0.05) is 145 Å². The van der Waals surface area contributed by atoms with E-state index in [9.17, 15) is 14.2 Å². The minimum absolute atomic E-state index is 0.192. The van der Waals surface area contributed by atoms with Gasteiger partial charge in [-0.3, -0.25) is 14.1 Å². The largest absolute Gasteiger partial charge is 0.469 e. The Hall–Kier alpha value is -2.25. The molecule has 0 bridgehead atoms. The van der Waals surface area contributed by atoms with Crippen LogP contribution in [0.5, 0.6) is 0 Å². The fourth-order valence-electron chi connectivity index (χ4n) is 5.41. The first-order chi connectivity index (χ1) is 25.3. The highest BCUT2D eigenvalue weighted by atomic mass is 31.2. The van der Waals surface area contributed by atoms with Crippen molar-refractivity contribution >= 4 is 19.8 Å². The van der Waals surface area contributed by atoms with Gasteiger partial charge in [0.2, 0.25) is 0 Å². The van der Waals surface area contributed by atoms with Gasteiger partial charge in [0.05, 0.1) is 6.61 Å². The molecule has 0 saturated carbocycles. The van der Waals surface area contributed by atoms with Gasteiger partial charge in [0.25, 0.3) is 0 Å². The van der Waals surface area contributed by atoms with Gasteiger partial charge in [-0.05, 0) is 83.5 Å². The Morgan fingerprint density at radius 1 is 0.500 bits per heavy atom. The molecule has 2 N–H and O–H groups in total. The molecule has 0 aromatic rings. The second-order valence-corrected chi connectivity index (χ2v) is 14.8. The molecule has 8 nitrogen and oxygen atoms in total. The predicted molar refractivity (Wildman–Crippen MR) is 216 cm³/mol. The summed E-state index contributed by atoms with van der Waals surface area (Å²) in [6.07, 6.45) is 47.9. The second-order valence-electron chi connectivity index (χ2n) is 13.6. The zero-order chi connectivity index (χ0) is 38.2. The third-order valence-corrected chi connectivity index (χ3v) is 8.99. The summed E-state index contributed by atoms with van der Waals surface area (Å²) in [5.41, 5.74) is 0. The van der Waals surface area contributed by atoms with E-state index >= 15 is 0 Å². The van der Waals surface area contributed by atoms with Gasteiger partial charge in [-0.15, -0.1) is 0 Å². The number of rotatable bonds is 37. The van der Waals surface area contributed by atoms with Crippen LogP contribution in [0.4, 0.5) is 0 Å². The maximum Gasteiger partial charge on any atom is 0.469 e. The predicted octanol–water partition coefficient (Wildman–Crippen LogP) is 12.5. The monoisotopic (exact) mass is 751 g/mol. The lowest BCUT2D eigenvalue weighted by atomic mass is 10.1. The Balaban J connectivity index is 3.99. The van der Waals surface area contributed by atoms with Crippen LogP contribution in [0.1, 0.15) is 181 Å². The topological polar surface area (TPSA) is 119 Å². The Bertz CT molecular complexity index is 1030. The van der Waals surface area contributed by atoms with E-state index in [1.54, 1.807) is 0 Å². The van der Waals surface area contributed by atoms with E-state index < -0.39 is 32.5 Å². The van der Waals surface area contributed by atoms with E-state index in [-0.39, 0.29) is 19.4 Å². The van der Waals surface area contributed by atoms with Crippen molar-refractivity contribution in [3.63, 3.8) is 0 Å². The molecule has 0 rings (SSSR count). The molecular weight excluding hydrogens is 675 g/mol. The first-order valence-electron chi connectivity index (χ1n) is 20.6. The van der Waals surface area contributed by atoms with Crippen LogP contribution >= 0.6 is 7.82 Å². The number of allylic oxidation sites excluding steroid dienone is 10. The number of unbranched alkanes of at least 4 members (excludes halogenated alkanes) is 17. The third-order valence-electron chi connectivity index (χ3n) is 8.51. The lowest BCUT2D eigenvalue weighted by molar-refractivity contribution is -0.161. The van der Waals surface area contributed by atoms with E-state index in [2.05, 4.69) is 79.1 Å². The summed E-state index contributed by atoms with van der Waals surface area (Å²) in [6.45, 7) is 3.60. The quantitative estimate of drug-likeness (QED) is 0.0279. The average Bonchev–Trinajstić information content (AvgIpc) is 3.11. The SMILES string of the molecule is CCCCC/C=C\C/C=C\C/C=C\CCCCCCCCC(=O)OC(COC(=O)CCCCCCC/C=C\C/C=C\CCCCC)COP(=O)(O)O. The van der Waals surface area contributed by atoms with Crippen molar-refractivity contribution < 1.29 is 37.9 Å². The van der Waals surface area contributed by atoms with Crippen LogP contribution in [0.3, 0.4) is 0 Å². The van der Waals surface area contributed by atoms with Gasteiger partial charge < -0.3 is 19.3 Å². The van der Waals surface area contributed by atoms with Crippen molar-refractivity contribution in [2.75, 3.05) is 13.2 Å². The van der Waals surface area contributed by atoms with Crippen LogP contribution in [0, 0.1) is 0 Å². The van der Waals surface area contributed by atoms with Gasteiger partial charge >= 0.3 is 19.8 Å². The molecule has 0 aromatic heterocycles.